The lowest BCUT2D eigenvalue weighted by Gasteiger charge is -2.04. The quantitative estimate of drug-likeness (QED) is 0.606. The summed E-state index contributed by atoms with van der Waals surface area (Å²) in [5.74, 6) is -2.50. The second-order valence-corrected chi connectivity index (χ2v) is 4.76. The molecule has 0 spiro atoms. The second-order valence-electron chi connectivity index (χ2n) is 3.43. The lowest BCUT2D eigenvalue weighted by molar-refractivity contribution is -0.141. The molecule has 0 aliphatic carbocycles. The molecule has 1 rings (SSSR count). The lowest BCUT2D eigenvalue weighted by Crippen LogP contribution is -2.15. The number of halogens is 6. The van der Waals surface area contributed by atoms with Gasteiger partial charge in [-0.1, -0.05) is 34.8 Å². The fraction of sp³-hybridized carbons (Fsp3) is 0.300. The SMILES string of the molecule is CCOC(=O)c1cn(C(=O)C(Cl)=C(Cl)Cl)nc1C(F)(F)F. The first-order valence-corrected chi connectivity index (χ1v) is 6.32. The van der Waals surface area contributed by atoms with Crippen LogP contribution in [0.15, 0.2) is 15.7 Å². The van der Waals surface area contributed by atoms with Crippen LogP contribution in [0.5, 0.6) is 0 Å². The fourth-order valence-corrected chi connectivity index (χ4v) is 1.48. The first kappa shape index (κ1) is 17.8. The number of alkyl halides is 3. The Morgan fingerprint density at radius 3 is 2.33 bits per heavy atom. The van der Waals surface area contributed by atoms with Crippen molar-refractivity contribution in [3.8, 4) is 0 Å². The van der Waals surface area contributed by atoms with E-state index in [0.717, 1.165) is 0 Å². The minimum Gasteiger partial charge on any atom is -0.462 e. The summed E-state index contributed by atoms with van der Waals surface area (Å²) >= 11 is 15.9. The van der Waals surface area contributed by atoms with E-state index in [9.17, 15) is 22.8 Å². The zero-order valence-electron chi connectivity index (χ0n) is 10.2. The number of allylic oxidation sites excluding steroid dienone is 1. The van der Waals surface area contributed by atoms with Gasteiger partial charge in [0.25, 0.3) is 5.91 Å². The molecule has 0 fully saturated rings. The molecular formula is C10H6Cl3F3N2O3. The Hall–Kier alpha value is -1.25. The number of aromatic nitrogens is 2. The molecule has 116 valence electrons. The number of nitrogens with zero attached hydrogens (tertiary/aromatic N) is 2. The van der Waals surface area contributed by atoms with Crippen molar-refractivity contribution >= 4 is 46.7 Å². The Bertz CT molecular complexity index is 606. The van der Waals surface area contributed by atoms with Gasteiger partial charge in [-0.2, -0.15) is 18.3 Å². The van der Waals surface area contributed by atoms with Gasteiger partial charge in [0, 0.05) is 6.20 Å². The Morgan fingerprint density at radius 2 is 1.90 bits per heavy atom. The maximum atomic E-state index is 12.8. The van der Waals surface area contributed by atoms with Crippen molar-refractivity contribution in [1.29, 1.82) is 0 Å². The topological polar surface area (TPSA) is 61.2 Å². The zero-order valence-corrected chi connectivity index (χ0v) is 12.4. The highest BCUT2D eigenvalue weighted by atomic mass is 35.5. The summed E-state index contributed by atoms with van der Waals surface area (Å²) in [7, 11) is 0. The number of carbonyl (C=O) groups is 2. The Kier molecular flexibility index (Phi) is 5.66. The number of rotatable bonds is 3. The molecule has 21 heavy (non-hydrogen) atoms. The number of carbonyl (C=O) groups excluding carboxylic acids is 2. The van der Waals surface area contributed by atoms with Crippen LogP contribution in [0, 0.1) is 0 Å². The van der Waals surface area contributed by atoms with E-state index >= 15 is 0 Å². The third-order valence-electron chi connectivity index (χ3n) is 2.04. The zero-order chi connectivity index (χ0) is 16.4. The van der Waals surface area contributed by atoms with E-state index in [-0.39, 0.29) is 11.3 Å². The lowest BCUT2D eigenvalue weighted by atomic mass is 10.2. The van der Waals surface area contributed by atoms with Crippen LogP contribution in [0.3, 0.4) is 0 Å². The van der Waals surface area contributed by atoms with Gasteiger partial charge in [-0.3, -0.25) is 4.79 Å². The monoisotopic (exact) mass is 364 g/mol. The van der Waals surface area contributed by atoms with Crippen LogP contribution in [0.2, 0.25) is 0 Å². The van der Waals surface area contributed by atoms with Crippen LogP contribution in [0.25, 0.3) is 0 Å². The summed E-state index contributed by atoms with van der Waals surface area (Å²) in [5, 5.41) is 2.25. The Morgan fingerprint density at radius 1 is 1.33 bits per heavy atom. The van der Waals surface area contributed by atoms with E-state index in [2.05, 4.69) is 9.84 Å². The van der Waals surface area contributed by atoms with Gasteiger partial charge < -0.3 is 4.74 Å². The average Bonchev–Trinajstić information content (AvgIpc) is 2.82. The first-order valence-electron chi connectivity index (χ1n) is 5.19. The molecule has 0 unspecified atom stereocenters. The number of hydrogen-bond acceptors (Lipinski definition) is 4. The third kappa shape index (κ3) is 4.12. The smallest absolute Gasteiger partial charge is 0.436 e. The van der Waals surface area contributed by atoms with E-state index in [0.29, 0.717) is 6.20 Å². The molecule has 5 nitrogen and oxygen atoms in total. The number of esters is 1. The van der Waals surface area contributed by atoms with Crippen LogP contribution in [0.1, 0.15) is 27.8 Å². The molecule has 0 aliphatic heterocycles. The highest BCUT2D eigenvalue weighted by Gasteiger charge is 2.40. The molecule has 0 aliphatic rings. The largest absolute Gasteiger partial charge is 0.462 e. The van der Waals surface area contributed by atoms with Crippen molar-refractivity contribution < 1.29 is 27.5 Å². The molecule has 1 heterocycles. The molecule has 0 bridgehead atoms. The summed E-state index contributed by atoms with van der Waals surface area (Å²) in [6, 6.07) is 0. The van der Waals surface area contributed by atoms with Gasteiger partial charge >= 0.3 is 12.1 Å². The van der Waals surface area contributed by atoms with E-state index in [1.807, 2.05) is 0 Å². The average molecular weight is 366 g/mol. The van der Waals surface area contributed by atoms with Gasteiger partial charge in [0.05, 0.1) is 6.61 Å². The van der Waals surface area contributed by atoms with E-state index < -0.39 is 38.8 Å². The van der Waals surface area contributed by atoms with Crippen LogP contribution in [0.4, 0.5) is 13.2 Å². The molecule has 11 heteroatoms. The van der Waals surface area contributed by atoms with E-state index in [4.69, 9.17) is 34.8 Å². The molecule has 0 radical (unpaired) electrons. The first-order chi connectivity index (χ1) is 9.59. The van der Waals surface area contributed by atoms with Crippen molar-refractivity contribution in [3.05, 3.63) is 27.0 Å². The van der Waals surface area contributed by atoms with Gasteiger partial charge in [-0.25, -0.2) is 9.48 Å². The summed E-state index contributed by atoms with van der Waals surface area (Å²) in [5.41, 5.74) is -2.50. The van der Waals surface area contributed by atoms with Crippen molar-refractivity contribution in [2.75, 3.05) is 6.61 Å². The highest BCUT2D eigenvalue weighted by molar-refractivity contribution is 6.62. The van der Waals surface area contributed by atoms with Gasteiger partial charge in [-0.05, 0) is 6.92 Å². The third-order valence-corrected chi connectivity index (χ3v) is 2.96. The Labute approximate surface area is 131 Å². The van der Waals surface area contributed by atoms with E-state index in [1.54, 1.807) is 0 Å². The van der Waals surface area contributed by atoms with Crippen molar-refractivity contribution in [3.63, 3.8) is 0 Å². The van der Waals surface area contributed by atoms with Gasteiger partial charge in [0.1, 0.15) is 15.1 Å². The van der Waals surface area contributed by atoms with Crippen molar-refractivity contribution in [2.24, 2.45) is 0 Å². The number of ether oxygens (including phenoxy) is 1. The molecule has 1 aromatic rings. The normalized spacial score (nSPS) is 11.2. The minimum atomic E-state index is -4.96. The molecule has 0 atom stereocenters. The molecule has 0 saturated carbocycles. The van der Waals surface area contributed by atoms with Crippen molar-refractivity contribution in [1.82, 2.24) is 9.78 Å². The van der Waals surface area contributed by atoms with Gasteiger partial charge in [0.15, 0.2) is 5.69 Å². The van der Waals surface area contributed by atoms with Gasteiger partial charge in [-0.15, -0.1) is 0 Å². The fourth-order valence-electron chi connectivity index (χ4n) is 1.23. The predicted octanol–water partition coefficient (Wildman–Crippen LogP) is 3.60. The highest BCUT2D eigenvalue weighted by Crippen LogP contribution is 2.31. The molecule has 0 saturated heterocycles. The predicted molar refractivity (Wildman–Crippen MR) is 68.4 cm³/mol. The van der Waals surface area contributed by atoms with Gasteiger partial charge in [0.2, 0.25) is 0 Å². The summed E-state index contributed by atoms with van der Waals surface area (Å²) in [6.45, 7) is 1.26. The summed E-state index contributed by atoms with van der Waals surface area (Å²) < 4.78 is 42.4. The van der Waals surface area contributed by atoms with Crippen LogP contribution < -0.4 is 0 Å². The summed E-state index contributed by atoms with van der Waals surface area (Å²) in [4.78, 5) is 23.1. The molecular weight excluding hydrogens is 359 g/mol. The standard InChI is InChI=1S/C10H6Cl3F3N2O3/c1-2-21-9(20)4-3-18(8(19)5(11)7(12)13)17-6(4)10(14,15)16/h3H,2H2,1H3. The van der Waals surface area contributed by atoms with Crippen LogP contribution >= 0.6 is 34.8 Å². The second kappa shape index (κ2) is 6.67. The molecule has 0 amide bonds. The number of hydrogen-bond donors (Lipinski definition) is 0. The molecule has 0 aromatic carbocycles. The van der Waals surface area contributed by atoms with E-state index in [1.165, 1.54) is 6.92 Å². The Balaban J connectivity index is 3.37. The molecule has 0 N–H and O–H groups in total. The maximum Gasteiger partial charge on any atom is 0.436 e. The molecule has 1 aromatic heterocycles. The van der Waals surface area contributed by atoms with Crippen LogP contribution in [-0.2, 0) is 10.9 Å². The minimum absolute atomic E-state index is 0.149. The van der Waals surface area contributed by atoms with Crippen molar-refractivity contribution in [2.45, 2.75) is 13.1 Å². The van der Waals surface area contributed by atoms with Crippen LogP contribution in [-0.4, -0.2) is 28.3 Å². The maximum absolute atomic E-state index is 12.8. The summed E-state index contributed by atoms with van der Waals surface area (Å²) in [6.07, 6.45) is -4.42.